The number of carbonyl (C=O) groups excluding carboxylic acids is 2. The van der Waals surface area contributed by atoms with Crippen molar-refractivity contribution in [2.24, 2.45) is 0 Å². The Hall–Kier alpha value is -3.00. The molecule has 28 heavy (non-hydrogen) atoms. The van der Waals surface area contributed by atoms with E-state index in [1.165, 1.54) is 16.4 Å². The van der Waals surface area contributed by atoms with E-state index in [0.29, 0.717) is 23.3 Å². The molecule has 2 amide bonds. The number of hydrogen-bond acceptors (Lipinski definition) is 4. The predicted molar refractivity (Wildman–Crippen MR) is 112 cm³/mol. The molecule has 0 aliphatic rings. The molecule has 0 radical (unpaired) electrons. The van der Waals surface area contributed by atoms with Gasteiger partial charge in [0.25, 0.3) is 5.56 Å². The van der Waals surface area contributed by atoms with E-state index in [4.69, 9.17) is 0 Å². The van der Waals surface area contributed by atoms with Gasteiger partial charge >= 0.3 is 0 Å². The molecule has 0 atom stereocenters. The second-order valence-electron chi connectivity index (χ2n) is 6.11. The zero-order valence-corrected chi connectivity index (χ0v) is 17.1. The summed E-state index contributed by atoms with van der Waals surface area (Å²) in [5.74, 6) is -0.629. The van der Waals surface area contributed by atoms with E-state index in [1.807, 2.05) is 12.1 Å². The molecule has 144 valence electrons. The number of nitrogens with zero attached hydrogens (tertiary/aromatic N) is 3. The standard InChI is InChI=1S/C20H19BrN4O3/c1-3-24(13(2)26)19-20(28)25(17-11-7-6-10-16(17)23-19)12-18(27)22-15-9-5-4-8-14(15)21/h4-11H,3,12H2,1-2H3,(H,22,27). The number of benzene rings is 2. The smallest absolute Gasteiger partial charge is 0.294 e. The highest BCUT2D eigenvalue weighted by molar-refractivity contribution is 9.10. The molecule has 8 heteroatoms. The maximum absolute atomic E-state index is 13.1. The van der Waals surface area contributed by atoms with Gasteiger partial charge in [-0.05, 0) is 47.1 Å². The maximum atomic E-state index is 13.1. The lowest BCUT2D eigenvalue weighted by molar-refractivity contribution is -0.117. The summed E-state index contributed by atoms with van der Waals surface area (Å²) in [6, 6.07) is 14.3. The molecule has 3 rings (SSSR count). The van der Waals surface area contributed by atoms with Gasteiger partial charge in [0.05, 0.1) is 16.7 Å². The summed E-state index contributed by atoms with van der Waals surface area (Å²) in [4.78, 5) is 43.3. The van der Waals surface area contributed by atoms with Crippen LogP contribution in [0.4, 0.5) is 11.5 Å². The number of rotatable bonds is 5. The van der Waals surface area contributed by atoms with Crippen LogP contribution in [0.2, 0.25) is 0 Å². The van der Waals surface area contributed by atoms with Crippen LogP contribution in [-0.4, -0.2) is 27.9 Å². The van der Waals surface area contributed by atoms with E-state index < -0.39 is 5.56 Å². The third-order valence-electron chi connectivity index (χ3n) is 4.24. The van der Waals surface area contributed by atoms with E-state index in [1.54, 1.807) is 43.3 Å². The summed E-state index contributed by atoms with van der Waals surface area (Å²) < 4.78 is 2.08. The second-order valence-corrected chi connectivity index (χ2v) is 6.96. The number of carbonyl (C=O) groups is 2. The molecule has 0 saturated heterocycles. The quantitative estimate of drug-likeness (QED) is 0.657. The number of fused-ring (bicyclic) bond motifs is 1. The molecular weight excluding hydrogens is 424 g/mol. The van der Waals surface area contributed by atoms with Gasteiger partial charge < -0.3 is 5.32 Å². The Morgan fingerprint density at radius 1 is 1.14 bits per heavy atom. The monoisotopic (exact) mass is 442 g/mol. The lowest BCUT2D eigenvalue weighted by Gasteiger charge is -2.19. The molecule has 0 aliphatic heterocycles. The molecule has 1 heterocycles. The minimum Gasteiger partial charge on any atom is -0.324 e. The van der Waals surface area contributed by atoms with Gasteiger partial charge in [0.2, 0.25) is 17.6 Å². The lowest BCUT2D eigenvalue weighted by Crippen LogP contribution is -2.38. The lowest BCUT2D eigenvalue weighted by atomic mass is 10.2. The number of amides is 2. The first-order chi connectivity index (χ1) is 13.4. The van der Waals surface area contributed by atoms with Crippen molar-refractivity contribution in [3.63, 3.8) is 0 Å². The summed E-state index contributed by atoms with van der Waals surface area (Å²) >= 11 is 3.38. The Morgan fingerprint density at radius 3 is 2.50 bits per heavy atom. The Balaban J connectivity index is 2.05. The van der Waals surface area contributed by atoms with Gasteiger partial charge in [0.15, 0.2) is 0 Å². The van der Waals surface area contributed by atoms with Crippen molar-refractivity contribution in [3.05, 3.63) is 63.4 Å². The number of hydrogen-bond donors (Lipinski definition) is 1. The molecule has 3 aromatic rings. The van der Waals surface area contributed by atoms with Crippen LogP contribution in [0.1, 0.15) is 13.8 Å². The molecule has 7 nitrogen and oxygen atoms in total. The molecule has 0 bridgehead atoms. The van der Waals surface area contributed by atoms with Gasteiger partial charge in [-0.25, -0.2) is 4.98 Å². The van der Waals surface area contributed by atoms with Crippen LogP contribution in [0, 0.1) is 0 Å². The Morgan fingerprint density at radius 2 is 1.82 bits per heavy atom. The van der Waals surface area contributed by atoms with E-state index in [2.05, 4.69) is 26.2 Å². The fourth-order valence-electron chi connectivity index (χ4n) is 2.93. The van der Waals surface area contributed by atoms with E-state index in [9.17, 15) is 14.4 Å². The van der Waals surface area contributed by atoms with Crippen LogP contribution in [0.5, 0.6) is 0 Å². The molecule has 0 saturated carbocycles. The van der Waals surface area contributed by atoms with Gasteiger partial charge in [-0.2, -0.15) is 0 Å². The number of aromatic nitrogens is 2. The summed E-state index contributed by atoms with van der Waals surface area (Å²) in [5, 5.41) is 2.79. The number of para-hydroxylation sites is 3. The molecule has 1 aromatic heterocycles. The number of anilines is 2. The Labute approximate surface area is 170 Å². The third kappa shape index (κ3) is 3.96. The maximum Gasteiger partial charge on any atom is 0.294 e. The minimum absolute atomic E-state index is 0.0161. The van der Waals surface area contributed by atoms with Crippen molar-refractivity contribution in [3.8, 4) is 0 Å². The predicted octanol–water partition coefficient (Wildman–Crippen LogP) is 3.17. The largest absolute Gasteiger partial charge is 0.324 e. The minimum atomic E-state index is -0.488. The van der Waals surface area contributed by atoms with Gasteiger partial charge in [0, 0.05) is 17.9 Å². The van der Waals surface area contributed by atoms with Crippen LogP contribution in [0.3, 0.4) is 0 Å². The molecule has 0 spiro atoms. The highest BCUT2D eigenvalue weighted by Crippen LogP contribution is 2.21. The summed E-state index contributed by atoms with van der Waals surface area (Å²) in [6.07, 6.45) is 0. The first-order valence-electron chi connectivity index (χ1n) is 8.74. The average molecular weight is 443 g/mol. The molecule has 1 N–H and O–H groups in total. The zero-order valence-electron chi connectivity index (χ0n) is 15.5. The van der Waals surface area contributed by atoms with Crippen molar-refractivity contribution in [1.29, 1.82) is 0 Å². The first kappa shape index (κ1) is 19.8. The third-order valence-corrected chi connectivity index (χ3v) is 4.93. The Bertz CT molecular complexity index is 1110. The molecule has 0 aliphatic carbocycles. The average Bonchev–Trinajstić information content (AvgIpc) is 2.67. The highest BCUT2D eigenvalue weighted by Gasteiger charge is 2.20. The molecular formula is C20H19BrN4O3. The Kier molecular flexibility index (Phi) is 5.89. The summed E-state index contributed by atoms with van der Waals surface area (Å²) in [6.45, 7) is 3.25. The van der Waals surface area contributed by atoms with Crippen molar-refractivity contribution >= 4 is 50.3 Å². The summed E-state index contributed by atoms with van der Waals surface area (Å²) in [7, 11) is 0. The molecule has 2 aromatic carbocycles. The fraction of sp³-hybridized carbons (Fsp3) is 0.200. The van der Waals surface area contributed by atoms with Crippen molar-refractivity contribution in [2.75, 3.05) is 16.8 Å². The van der Waals surface area contributed by atoms with Crippen molar-refractivity contribution in [2.45, 2.75) is 20.4 Å². The normalized spacial score (nSPS) is 10.7. The summed E-state index contributed by atoms with van der Waals surface area (Å²) in [5.41, 5.74) is 1.18. The fourth-order valence-corrected chi connectivity index (χ4v) is 3.31. The first-order valence-corrected chi connectivity index (χ1v) is 9.53. The van der Waals surface area contributed by atoms with Crippen molar-refractivity contribution < 1.29 is 9.59 Å². The van der Waals surface area contributed by atoms with Gasteiger partial charge in [0.1, 0.15) is 6.54 Å². The van der Waals surface area contributed by atoms with E-state index in [0.717, 1.165) is 4.47 Å². The second kappa shape index (κ2) is 8.35. The number of halogens is 1. The van der Waals surface area contributed by atoms with Crippen molar-refractivity contribution in [1.82, 2.24) is 9.55 Å². The van der Waals surface area contributed by atoms with Crippen LogP contribution in [0.15, 0.2) is 57.8 Å². The van der Waals surface area contributed by atoms with Crippen LogP contribution < -0.4 is 15.8 Å². The van der Waals surface area contributed by atoms with Crippen LogP contribution in [-0.2, 0) is 16.1 Å². The SMILES string of the molecule is CCN(C(C)=O)c1nc2ccccc2n(CC(=O)Nc2ccccc2Br)c1=O. The topological polar surface area (TPSA) is 84.3 Å². The molecule has 0 unspecified atom stereocenters. The molecule has 0 fully saturated rings. The van der Waals surface area contributed by atoms with E-state index in [-0.39, 0.29) is 24.2 Å². The zero-order chi connectivity index (χ0) is 20.3. The van der Waals surface area contributed by atoms with Gasteiger partial charge in [-0.1, -0.05) is 24.3 Å². The van der Waals surface area contributed by atoms with Crippen LogP contribution in [0.25, 0.3) is 11.0 Å². The highest BCUT2D eigenvalue weighted by atomic mass is 79.9. The number of nitrogens with one attached hydrogen (secondary N) is 1. The van der Waals surface area contributed by atoms with Gasteiger partial charge in [-0.15, -0.1) is 0 Å². The van der Waals surface area contributed by atoms with Gasteiger partial charge in [-0.3, -0.25) is 23.9 Å². The van der Waals surface area contributed by atoms with E-state index >= 15 is 0 Å². The van der Waals surface area contributed by atoms with Crippen LogP contribution >= 0.6 is 15.9 Å².